The summed E-state index contributed by atoms with van der Waals surface area (Å²) in [5.41, 5.74) is 0.324. The molecule has 2 nitrogen and oxygen atoms in total. The molecule has 13 heavy (non-hydrogen) atoms. The van der Waals surface area contributed by atoms with Gasteiger partial charge in [-0.25, -0.2) is 0 Å². The van der Waals surface area contributed by atoms with Crippen molar-refractivity contribution < 1.29 is 0 Å². The molecule has 1 aliphatic rings. The normalized spacial score (nSPS) is 27.0. The van der Waals surface area contributed by atoms with Crippen molar-refractivity contribution in [2.75, 3.05) is 19.6 Å². The molecule has 0 spiro atoms. The Hall–Kier alpha value is -0.0800. The minimum Gasteiger partial charge on any atom is -0.287 e. The maximum atomic E-state index is 2.62. The SMILES string of the molecule is CCC1N(CC)CCN1C(C)(C)C. The molecule has 1 saturated heterocycles. The zero-order valence-electron chi connectivity index (χ0n) is 9.80. The predicted octanol–water partition coefficient (Wildman–Crippen LogP) is 2.16. The number of nitrogens with zero attached hydrogens (tertiary/aromatic N) is 2. The van der Waals surface area contributed by atoms with Gasteiger partial charge < -0.3 is 0 Å². The van der Waals surface area contributed by atoms with Crippen LogP contribution in [0.5, 0.6) is 0 Å². The fraction of sp³-hybridized carbons (Fsp3) is 1.00. The molecule has 0 radical (unpaired) electrons. The molecule has 0 aliphatic carbocycles. The van der Waals surface area contributed by atoms with Crippen molar-refractivity contribution in [2.24, 2.45) is 0 Å². The van der Waals surface area contributed by atoms with Crippen LogP contribution in [-0.2, 0) is 0 Å². The number of rotatable bonds is 2. The maximum absolute atomic E-state index is 2.62. The van der Waals surface area contributed by atoms with Crippen LogP contribution in [0.2, 0.25) is 0 Å². The van der Waals surface area contributed by atoms with Crippen molar-refractivity contribution in [3.8, 4) is 0 Å². The molecule has 0 N–H and O–H groups in total. The summed E-state index contributed by atoms with van der Waals surface area (Å²) in [6.45, 7) is 15.2. The first kappa shape index (κ1) is 11.0. The summed E-state index contributed by atoms with van der Waals surface area (Å²) in [5.74, 6) is 0. The first-order valence-electron chi connectivity index (χ1n) is 5.51. The van der Waals surface area contributed by atoms with Crippen LogP contribution in [0.1, 0.15) is 41.0 Å². The van der Waals surface area contributed by atoms with Gasteiger partial charge in [0.1, 0.15) is 0 Å². The molecule has 1 atom stereocenters. The van der Waals surface area contributed by atoms with E-state index in [0.717, 1.165) is 0 Å². The average Bonchev–Trinajstić information content (AvgIpc) is 2.45. The second-order valence-corrected chi connectivity index (χ2v) is 4.88. The standard InChI is InChI=1S/C11H24N2/c1-6-10-12(7-2)8-9-13(10)11(3,4)5/h10H,6-9H2,1-5H3. The third-order valence-electron chi connectivity index (χ3n) is 3.04. The summed E-state index contributed by atoms with van der Waals surface area (Å²) < 4.78 is 0. The summed E-state index contributed by atoms with van der Waals surface area (Å²) in [5, 5.41) is 0. The van der Waals surface area contributed by atoms with Crippen molar-refractivity contribution in [3.63, 3.8) is 0 Å². The molecule has 0 aromatic carbocycles. The van der Waals surface area contributed by atoms with Crippen LogP contribution in [0.15, 0.2) is 0 Å². The highest BCUT2D eigenvalue weighted by molar-refractivity contribution is 4.88. The van der Waals surface area contributed by atoms with Crippen LogP contribution in [0.25, 0.3) is 0 Å². The van der Waals surface area contributed by atoms with E-state index in [4.69, 9.17) is 0 Å². The second-order valence-electron chi connectivity index (χ2n) is 4.88. The molecule has 0 bridgehead atoms. The number of likely N-dealkylation sites (N-methyl/N-ethyl adjacent to an activating group) is 1. The van der Waals surface area contributed by atoms with Gasteiger partial charge in [-0.3, -0.25) is 9.80 Å². The lowest BCUT2D eigenvalue weighted by atomic mass is 10.1. The Labute approximate surface area is 82.9 Å². The Bertz CT molecular complexity index is 160. The molecular formula is C11H24N2. The Kier molecular flexibility index (Phi) is 3.36. The molecule has 2 heteroatoms. The zero-order valence-corrected chi connectivity index (χ0v) is 9.80. The molecule has 1 fully saturated rings. The Balaban J connectivity index is 2.68. The van der Waals surface area contributed by atoms with Crippen LogP contribution in [0.3, 0.4) is 0 Å². The Morgan fingerprint density at radius 2 is 1.77 bits per heavy atom. The summed E-state index contributed by atoms with van der Waals surface area (Å²) in [7, 11) is 0. The minimum absolute atomic E-state index is 0.324. The van der Waals surface area contributed by atoms with E-state index in [9.17, 15) is 0 Å². The lowest BCUT2D eigenvalue weighted by Crippen LogP contribution is -2.48. The zero-order chi connectivity index (χ0) is 10.1. The van der Waals surface area contributed by atoms with Crippen molar-refractivity contribution >= 4 is 0 Å². The topological polar surface area (TPSA) is 6.48 Å². The third-order valence-corrected chi connectivity index (χ3v) is 3.04. The van der Waals surface area contributed by atoms with Gasteiger partial charge in [0.25, 0.3) is 0 Å². The maximum Gasteiger partial charge on any atom is 0.0624 e. The van der Waals surface area contributed by atoms with E-state index in [1.165, 1.54) is 26.1 Å². The quantitative estimate of drug-likeness (QED) is 0.649. The summed E-state index contributed by atoms with van der Waals surface area (Å²) in [6, 6.07) is 0. The fourth-order valence-electron chi connectivity index (χ4n) is 2.36. The molecule has 0 amide bonds. The predicted molar refractivity (Wildman–Crippen MR) is 57.8 cm³/mol. The van der Waals surface area contributed by atoms with Crippen LogP contribution >= 0.6 is 0 Å². The van der Waals surface area contributed by atoms with Crippen LogP contribution < -0.4 is 0 Å². The summed E-state index contributed by atoms with van der Waals surface area (Å²) >= 11 is 0. The third kappa shape index (κ3) is 2.23. The van der Waals surface area contributed by atoms with E-state index in [1.807, 2.05) is 0 Å². The van der Waals surface area contributed by atoms with E-state index in [2.05, 4.69) is 44.4 Å². The van der Waals surface area contributed by atoms with Crippen molar-refractivity contribution in [1.29, 1.82) is 0 Å². The highest BCUT2D eigenvalue weighted by atomic mass is 15.4. The van der Waals surface area contributed by atoms with Crippen LogP contribution in [0.4, 0.5) is 0 Å². The average molecular weight is 184 g/mol. The van der Waals surface area contributed by atoms with Gasteiger partial charge in [-0.2, -0.15) is 0 Å². The van der Waals surface area contributed by atoms with Gasteiger partial charge in [0.05, 0.1) is 6.17 Å². The summed E-state index contributed by atoms with van der Waals surface area (Å²) in [4.78, 5) is 5.20. The van der Waals surface area contributed by atoms with E-state index < -0.39 is 0 Å². The van der Waals surface area contributed by atoms with E-state index in [-0.39, 0.29) is 0 Å². The van der Waals surface area contributed by atoms with Crippen molar-refractivity contribution in [1.82, 2.24) is 9.80 Å². The second kappa shape index (κ2) is 3.97. The number of hydrogen-bond donors (Lipinski definition) is 0. The molecule has 1 aliphatic heterocycles. The van der Waals surface area contributed by atoms with Crippen LogP contribution in [0, 0.1) is 0 Å². The molecule has 1 unspecified atom stereocenters. The monoisotopic (exact) mass is 184 g/mol. The van der Waals surface area contributed by atoms with Gasteiger partial charge in [-0.15, -0.1) is 0 Å². The highest BCUT2D eigenvalue weighted by Crippen LogP contribution is 2.25. The molecule has 78 valence electrons. The molecule has 1 heterocycles. The number of hydrogen-bond acceptors (Lipinski definition) is 2. The first-order chi connectivity index (χ1) is 6.00. The first-order valence-corrected chi connectivity index (χ1v) is 5.51. The molecule has 0 aromatic rings. The fourth-order valence-corrected chi connectivity index (χ4v) is 2.36. The van der Waals surface area contributed by atoms with Crippen molar-refractivity contribution in [2.45, 2.75) is 52.7 Å². The van der Waals surface area contributed by atoms with Crippen molar-refractivity contribution in [3.05, 3.63) is 0 Å². The van der Waals surface area contributed by atoms with Crippen LogP contribution in [-0.4, -0.2) is 41.1 Å². The van der Waals surface area contributed by atoms with Gasteiger partial charge in [-0.1, -0.05) is 13.8 Å². The van der Waals surface area contributed by atoms with Gasteiger partial charge in [0.15, 0.2) is 0 Å². The van der Waals surface area contributed by atoms with E-state index >= 15 is 0 Å². The lowest BCUT2D eigenvalue weighted by molar-refractivity contribution is 0.0609. The van der Waals surface area contributed by atoms with E-state index in [0.29, 0.717) is 11.7 Å². The molecular weight excluding hydrogens is 160 g/mol. The largest absolute Gasteiger partial charge is 0.287 e. The summed E-state index contributed by atoms with van der Waals surface area (Å²) in [6.07, 6.45) is 1.91. The molecule has 0 aromatic heterocycles. The highest BCUT2D eigenvalue weighted by Gasteiger charge is 2.35. The van der Waals surface area contributed by atoms with Gasteiger partial charge >= 0.3 is 0 Å². The Morgan fingerprint density at radius 3 is 2.15 bits per heavy atom. The Morgan fingerprint density at radius 1 is 1.15 bits per heavy atom. The van der Waals surface area contributed by atoms with Gasteiger partial charge in [0, 0.05) is 18.6 Å². The molecule has 0 saturated carbocycles. The van der Waals surface area contributed by atoms with E-state index in [1.54, 1.807) is 0 Å². The molecule has 1 rings (SSSR count). The van der Waals surface area contributed by atoms with Gasteiger partial charge in [0.2, 0.25) is 0 Å². The van der Waals surface area contributed by atoms with Gasteiger partial charge in [-0.05, 0) is 33.7 Å². The smallest absolute Gasteiger partial charge is 0.0624 e. The lowest BCUT2D eigenvalue weighted by Gasteiger charge is -2.38. The minimum atomic E-state index is 0.324.